The predicted molar refractivity (Wildman–Crippen MR) is 118 cm³/mol. The first-order valence-corrected chi connectivity index (χ1v) is 10.9. The lowest BCUT2D eigenvalue weighted by molar-refractivity contribution is -0.384. The van der Waals surface area contributed by atoms with Gasteiger partial charge in [0.25, 0.3) is 5.69 Å². The lowest BCUT2D eigenvalue weighted by Gasteiger charge is -2.38. The highest BCUT2D eigenvalue weighted by Crippen LogP contribution is 2.47. The molecule has 1 atom stereocenters. The Bertz CT molecular complexity index is 1270. The zero-order valence-electron chi connectivity index (χ0n) is 17.4. The summed E-state index contributed by atoms with van der Waals surface area (Å²) in [6, 6.07) is 7.97. The molecule has 1 aliphatic carbocycles. The number of aryl methyl sites for hydroxylation is 1. The van der Waals surface area contributed by atoms with Gasteiger partial charge in [0.1, 0.15) is 6.04 Å². The molecule has 1 N–H and O–H groups in total. The molecule has 1 aliphatic heterocycles. The summed E-state index contributed by atoms with van der Waals surface area (Å²) >= 11 is 1.60. The van der Waals surface area contributed by atoms with Crippen LogP contribution >= 0.6 is 11.3 Å². The van der Waals surface area contributed by atoms with E-state index in [9.17, 15) is 14.9 Å². The molecule has 9 heteroatoms. The zero-order chi connectivity index (χ0) is 21.9. The average molecular weight is 436 g/mol. The van der Waals surface area contributed by atoms with Gasteiger partial charge in [-0.3, -0.25) is 14.9 Å². The van der Waals surface area contributed by atoms with Gasteiger partial charge < -0.3 is 5.32 Å². The topological polar surface area (TPSA) is 103 Å². The maximum absolute atomic E-state index is 13.2. The average Bonchev–Trinajstić information content (AvgIpc) is 3.31. The summed E-state index contributed by atoms with van der Waals surface area (Å²) in [4.78, 5) is 29.7. The van der Waals surface area contributed by atoms with E-state index >= 15 is 0 Å². The number of nitro groups is 1. The molecule has 0 bridgehead atoms. The first kappa shape index (κ1) is 19.6. The van der Waals surface area contributed by atoms with Gasteiger partial charge in [-0.2, -0.15) is 4.98 Å². The number of ketones is 1. The Morgan fingerprint density at radius 1 is 1.29 bits per heavy atom. The van der Waals surface area contributed by atoms with E-state index in [4.69, 9.17) is 5.10 Å². The highest BCUT2D eigenvalue weighted by molar-refractivity contribution is 7.10. The van der Waals surface area contributed by atoms with E-state index in [1.165, 1.54) is 12.1 Å². The van der Waals surface area contributed by atoms with Crippen LogP contribution in [0.3, 0.4) is 0 Å². The van der Waals surface area contributed by atoms with Gasteiger partial charge in [0.2, 0.25) is 5.95 Å². The number of hydrogen-bond acceptors (Lipinski definition) is 7. The number of non-ortho nitro benzene ring substituents is 1. The maximum atomic E-state index is 13.2. The minimum atomic E-state index is -0.434. The number of allylic oxidation sites excluding steroid dienone is 2. The van der Waals surface area contributed by atoms with Crippen LogP contribution in [0.15, 0.2) is 47.0 Å². The fraction of sp³-hybridized carbons (Fsp3) is 0.318. The second kappa shape index (κ2) is 6.84. The molecule has 0 amide bonds. The number of fused-ring (bicyclic) bond motifs is 1. The van der Waals surface area contributed by atoms with E-state index in [2.05, 4.69) is 24.1 Å². The number of rotatable bonds is 3. The van der Waals surface area contributed by atoms with Crippen molar-refractivity contribution < 1.29 is 9.72 Å². The van der Waals surface area contributed by atoms with E-state index in [0.717, 1.165) is 28.1 Å². The van der Waals surface area contributed by atoms with Crippen molar-refractivity contribution in [1.82, 2.24) is 14.8 Å². The molecule has 0 spiro atoms. The quantitative estimate of drug-likeness (QED) is 0.464. The van der Waals surface area contributed by atoms with Crippen molar-refractivity contribution in [2.24, 2.45) is 5.41 Å². The molecule has 5 rings (SSSR count). The van der Waals surface area contributed by atoms with Crippen LogP contribution < -0.4 is 5.32 Å². The molecule has 2 aliphatic rings. The third-order valence-electron chi connectivity index (χ3n) is 5.80. The van der Waals surface area contributed by atoms with Crippen LogP contribution in [0.5, 0.6) is 0 Å². The van der Waals surface area contributed by atoms with Crippen molar-refractivity contribution in [3.05, 3.63) is 67.5 Å². The Hall–Kier alpha value is -3.33. The Morgan fingerprint density at radius 2 is 2.10 bits per heavy atom. The minimum absolute atomic E-state index is 0.0155. The minimum Gasteiger partial charge on any atom is -0.328 e. The molecule has 0 saturated heterocycles. The van der Waals surface area contributed by atoms with Gasteiger partial charge in [-0.05, 0) is 35.8 Å². The van der Waals surface area contributed by atoms with Gasteiger partial charge in [0.05, 0.1) is 4.92 Å². The standard InChI is InChI=1S/C22H21N5O3S/c1-12-7-8-31-19(12)18-17-15(10-22(2,3)11-16(17)28)23-21-24-20(25-26(18)21)13-5-4-6-14(9-13)27(29)30/h4-9,18H,10-11H2,1-3H3,(H,23,24,25). The highest BCUT2D eigenvalue weighted by atomic mass is 32.1. The molecule has 158 valence electrons. The van der Waals surface area contributed by atoms with Gasteiger partial charge in [0, 0.05) is 40.3 Å². The van der Waals surface area contributed by atoms with Gasteiger partial charge >= 0.3 is 0 Å². The number of hydrogen-bond donors (Lipinski definition) is 1. The lowest BCUT2D eigenvalue weighted by atomic mass is 9.73. The fourth-order valence-electron chi connectivity index (χ4n) is 4.40. The predicted octanol–water partition coefficient (Wildman–Crippen LogP) is 4.88. The third kappa shape index (κ3) is 3.25. The van der Waals surface area contributed by atoms with E-state index in [0.29, 0.717) is 23.8 Å². The van der Waals surface area contributed by atoms with E-state index in [1.54, 1.807) is 28.2 Å². The van der Waals surface area contributed by atoms with Crippen LogP contribution in [0.4, 0.5) is 11.6 Å². The van der Waals surface area contributed by atoms with Crippen LogP contribution in [-0.4, -0.2) is 25.5 Å². The van der Waals surface area contributed by atoms with Crippen LogP contribution in [0.25, 0.3) is 11.4 Å². The van der Waals surface area contributed by atoms with Crippen molar-refractivity contribution >= 4 is 28.8 Å². The Labute approximate surface area is 182 Å². The van der Waals surface area contributed by atoms with Gasteiger partial charge in [-0.1, -0.05) is 26.0 Å². The highest BCUT2D eigenvalue weighted by Gasteiger charge is 2.42. The SMILES string of the molecule is Cc1ccsc1C1C2=C(CC(C)(C)CC2=O)Nc2nc(-c3cccc([N+](=O)[O-])c3)nn21. The number of anilines is 1. The van der Waals surface area contributed by atoms with Crippen LogP contribution in [0, 0.1) is 22.5 Å². The molecule has 8 nitrogen and oxygen atoms in total. The second-order valence-electron chi connectivity index (χ2n) is 8.84. The number of carbonyl (C=O) groups is 1. The Balaban J connectivity index is 1.67. The monoisotopic (exact) mass is 435 g/mol. The molecular formula is C22H21N5O3S. The largest absolute Gasteiger partial charge is 0.328 e. The van der Waals surface area contributed by atoms with E-state index in [1.807, 2.05) is 18.4 Å². The number of thiophene rings is 1. The number of Topliss-reactive ketones (excluding diaryl/α,β-unsaturated/α-hetero) is 1. The summed E-state index contributed by atoms with van der Waals surface area (Å²) in [5, 5.41) is 21.3. The van der Waals surface area contributed by atoms with Crippen LogP contribution in [-0.2, 0) is 4.79 Å². The summed E-state index contributed by atoms with van der Waals surface area (Å²) in [7, 11) is 0. The van der Waals surface area contributed by atoms with Crippen LogP contribution in [0.1, 0.15) is 43.2 Å². The first-order chi connectivity index (χ1) is 14.7. The Kier molecular flexibility index (Phi) is 4.33. The summed E-state index contributed by atoms with van der Waals surface area (Å²) in [5.41, 5.74) is 3.14. The first-order valence-electron chi connectivity index (χ1n) is 10.0. The maximum Gasteiger partial charge on any atom is 0.270 e. The van der Waals surface area contributed by atoms with Crippen molar-refractivity contribution in [2.45, 2.75) is 39.7 Å². The zero-order valence-corrected chi connectivity index (χ0v) is 18.2. The van der Waals surface area contributed by atoms with Crippen molar-refractivity contribution in [1.29, 1.82) is 0 Å². The van der Waals surface area contributed by atoms with Gasteiger partial charge in [-0.25, -0.2) is 4.68 Å². The molecule has 0 saturated carbocycles. The fourth-order valence-corrected chi connectivity index (χ4v) is 5.42. The number of aromatic nitrogens is 3. The van der Waals surface area contributed by atoms with Gasteiger partial charge in [0.15, 0.2) is 11.6 Å². The normalized spacial score (nSPS) is 19.6. The van der Waals surface area contributed by atoms with Crippen molar-refractivity contribution in [2.75, 3.05) is 5.32 Å². The second-order valence-corrected chi connectivity index (χ2v) is 9.79. The number of nitrogens with zero attached hydrogens (tertiary/aromatic N) is 4. The van der Waals surface area contributed by atoms with Gasteiger partial charge in [-0.15, -0.1) is 16.4 Å². The molecule has 1 unspecified atom stereocenters. The summed E-state index contributed by atoms with van der Waals surface area (Å²) < 4.78 is 1.75. The number of nitro benzene ring substituents is 1. The molecule has 3 aromatic rings. The molecule has 3 heterocycles. The number of nitrogens with one attached hydrogen (secondary N) is 1. The smallest absolute Gasteiger partial charge is 0.270 e. The lowest BCUT2D eigenvalue weighted by Crippen LogP contribution is -2.36. The molecular weight excluding hydrogens is 414 g/mol. The molecule has 2 aromatic heterocycles. The molecule has 0 fully saturated rings. The summed E-state index contributed by atoms with van der Waals surface area (Å²) in [6.07, 6.45) is 1.23. The number of benzene rings is 1. The van der Waals surface area contributed by atoms with E-state index in [-0.39, 0.29) is 22.9 Å². The molecule has 31 heavy (non-hydrogen) atoms. The van der Waals surface area contributed by atoms with E-state index < -0.39 is 4.92 Å². The van der Waals surface area contributed by atoms with Crippen molar-refractivity contribution in [3.8, 4) is 11.4 Å². The third-order valence-corrected chi connectivity index (χ3v) is 6.87. The van der Waals surface area contributed by atoms with Crippen molar-refractivity contribution in [3.63, 3.8) is 0 Å². The molecule has 1 aromatic carbocycles. The Morgan fingerprint density at radius 3 is 2.81 bits per heavy atom. The number of carbonyl (C=O) groups excluding carboxylic acids is 1. The van der Waals surface area contributed by atoms with Crippen LogP contribution in [0.2, 0.25) is 0 Å². The summed E-state index contributed by atoms with van der Waals surface area (Å²) in [6.45, 7) is 6.22. The summed E-state index contributed by atoms with van der Waals surface area (Å²) in [5.74, 6) is 1.05. The molecule has 0 radical (unpaired) electrons.